The summed E-state index contributed by atoms with van der Waals surface area (Å²) in [4.78, 5) is 23.8. The summed E-state index contributed by atoms with van der Waals surface area (Å²) in [6.07, 6.45) is 0. The summed E-state index contributed by atoms with van der Waals surface area (Å²) in [5.74, 6) is -1.13. The average Bonchev–Trinajstić information content (AvgIpc) is 2.59. The molecule has 0 saturated heterocycles. The maximum absolute atomic E-state index is 12.3. The molecule has 2 rings (SSSR count). The minimum Gasteiger partial charge on any atom is -0.340 e. The Morgan fingerprint density at radius 2 is 1.46 bits per heavy atom. The number of hydrogen-bond donors (Lipinski definition) is 3. The molecule has 24 heavy (non-hydrogen) atoms. The fraction of sp³-hybridized carbons (Fsp3) is 0.263. The zero-order chi connectivity index (χ0) is 16.8. The number of benzene rings is 2. The molecule has 0 aliphatic rings. The molecular weight excluding hydrogens is 304 g/mol. The van der Waals surface area contributed by atoms with E-state index in [1.807, 2.05) is 42.5 Å². The van der Waals surface area contributed by atoms with E-state index in [1.165, 1.54) is 0 Å². The van der Waals surface area contributed by atoms with Crippen LogP contribution in [0.4, 0.5) is 0 Å². The SMILES string of the molecule is C.CC(C)[C@H](NC(=O)c1ccc(-c2ccccc2)cc1)C(=O)NO. The zero-order valence-electron chi connectivity index (χ0n) is 13.1. The lowest BCUT2D eigenvalue weighted by Crippen LogP contribution is -2.48. The number of nitrogens with one attached hydrogen (secondary N) is 2. The van der Waals surface area contributed by atoms with Crippen LogP contribution in [0.15, 0.2) is 54.6 Å². The molecule has 3 N–H and O–H groups in total. The maximum Gasteiger partial charge on any atom is 0.266 e. The quantitative estimate of drug-likeness (QED) is 0.582. The van der Waals surface area contributed by atoms with E-state index in [0.29, 0.717) is 5.56 Å². The van der Waals surface area contributed by atoms with Gasteiger partial charge in [-0.1, -0.05) is 63.7 Å². The van der Waals surface area contributed by atoms with Gasteiger partial charge in [-0.15, -0.1) is 0 Å². The lowest BCUT2D eigenvalue weighted by Gasteiger charge is -2.20. The van der Waals surface area contributed by atoms with Crippen LogP contribution in [0.3, 0.4) is 0 Å². The van der Waals surface area contributed by atoms with Gasteiger partial charge in [-0.05, 0) is 29.2 Å². The Morgan fingerprint density at radius 1 is 0.917 bits per heavy atom. The Kier molecular flexibility index (Phi) is 7.14. The van der Waals surface area contributed by atoms with Crippen molar-refractivity contribution >= 4 is 11.8 Å². The zero-order valence-corrected chi connectivity index (χ0v) is 13.1. The molecule has 0 bridgehead atoms. The molecule has 0 spiro atoms. The first-order valence-corrected chi connectivity index (χ1v) is 7.43. The molecule has 5 nitrogen and oxygen atoms in total. The molecule has 0 saturated carbocycles. The predicted octanol–water partition coefficient (Wildman–Crippen LogP) is 3.25. The normalized spacial score (nSPS) is 11.3. The number of rotatable bonds is 5. The van der Waals surface area contributed by atoms with Crippen molar-refractivity contribution in [1.29, 1.82) is 0 Å². The molecule has 2 aromatic rings. The van der Waals surface area contributed by atoms with Crippen LogP contribution < -0.4 is 10.8 Å². The molecule has 0 aromatic heterocycles. The summed E-state index contributed by atoms with van der Waals surface area (Å²) in [5, 5.41) is 11.4. The molecule has 0 radical (unpaired) electrons. The smallest absolute Gasteiger partial charge is 0.266 e. The number of carbonyl (C=O) groups excluding carboxylic acids is 2. The summed E-state index contributed by atoms with van der Waals surface area (Å²) in [5.41, 5.74) is 4.12. The van der Waals surface area contributed by atoms with Gasteiger partial charge >= 0.3 is 0 Å². The Balaban J connectivity index is 0.00000288. The summed E-state index contributed by atoms with van der Waals surface area (Å²) >= 11 is 0. The van der Waals surface area contributed by atoms with Crippen molar-refractivity contribution in [2.45, 2.75) is 27.3 Å². The maximum atomic E-state index is 12.3. The van der Waals surface area contributed by atoms with Crippen LogP contribution in [0, 0.1) is 5.92 Å². The van der Waals surface area contributed by atoms with Gasteiger partial charge < -0.3 is 5.32 Å². The fourth-order valence-corrected chi connectivity index (χ4v) is 2.27. The van der Waals surface area contributed by atoms with Gasteiger partial charge in [0.15, 0.2) is 0 Å². The first-order valence-electron chi connectivity index (χ1n) is 7.43. The minimum atomic E-state index is -0.790. The number of hydroxylamine groups is 1. The molecule has 0 heterocycles. The van der Waals surface area contributed by atoms with Crippen LogP contribution in [0.25, 0.3) is 11.1 Å². The molecule has 2 aromatic carbocycles. The summed E-state index contributed by atoms with van der Waals surface area (Å²) < 4.78 is 0. The summed E-state index contributed by atoms with van der Waals surface area (Å²) in [6.45, 7) is 3.58. The molecule has 1 atom stereocenters. The third kappa shape index (κ3) is 4.67. The van der Waals surface area contributed by atoms with Crippen molar-refractivity contribution in [3.05, 3.63) is 60.2 Å². The van der Waals surface area contributed by atoms with Gasteiger partial charge in [-0.3, -0.25) is 14.8 Å². The van der Waals surface area contributed by atoms with Crippen molar-refractivity contribution in [2.75, 3.05) is 0 Å². The van der Waals surface area contributed by atoms with Crippen LogP contribution in [-0.2, 0) is 4.79 Å². The van der Waals surface area contributed by atoms with Gasteiger partial charge in [0.25, 0.3) is 11.8 Å². The van der Waals surface area contributed by atoms with Gasteiger partial charge in [-0.25, -0.2) is 5.48 Å². The van der Waals surface area contributed by atoms with Crippen molar-refractivity contribution in [1.82, 2.24) is 10.8 Å². The molecule has 2 amide bonds. The van der Waals surface area contributed by atoms with E-state index < -0.39 is 11.9 Å². The van der Waals surface area contributed by atoms with Crippen molar-refractivity contribution in [2.24, 2.45) is 5.92 Å². The van der Waals surface area contributed by atoms with Crippen LogP contribution in [0.5, 0.6) is 0 Å². The number of amides is 2. The third-order valence-electron chi connectivity index (χ3n) is 3.60. The fourth-order valence-electron chi connectivity index (χ4n) is 2.27. The highest BCUT2D eigenvalue weighted by Crippen LogP contribution is 2.19. The number of hydrogen-bond acceptors (Lipinski definition) is 3. The second-order valence-corrected chi connectivity index (χ2v) is 5.61. The number of carbonyl (C=O) groups is 2. The third-order valence-corrected chi connectivity index (χ3v) is 3.60. The Labute approximate surface area is 142 Å². The van der Waals surface area contributed by atoms with Gasteiger partial charge in [0, 0.05) is 5.56 Å². The monoisotopic (exact) mass is 328 g/mol. The van der Waals surface area contributed by atoms with E-state index in [1.54, 1.807) is 31.5 Å². The van der Waals surface area contributed by atoms with Gasteiger partial charge in [0.1, 0.15) is 6.04 Å². The van der Waals surface area contributed by atoms with Crippen molar-refractivity contribution < 1.29 is 14.8 Å². The van der Waals surface area contributed by atoms with Crippen LogP contribution >= 0.6 is 0 Å². The van der Waals surface area contributed by atoms with E-state index in [2.05, 4.69) is 5.32 Å². The standard InChI is InChI=1S/C18H20N2O3.CH4/c1-12(2)16(18(22)20-23)19-17(21)15-10-8-14(9-11-15)13-6-4-3-5-7-13;/h3-12,16,23H,1-2H3,(H,19,21)(H,20,22);1H4/t16-;/m0./s1. The van der Waals surface area contributed by atoms with Crippen LogP contribution in [0.1, 0.15) is 31.6 Å². The molecule has 0 aliphatic carbocycles. The van der Waals surface area contributed by atoms with Gasteiger partial charge in [0.2, 0.25) is 0 Å². The Hall–Kier alpha value is -2.66. The highest BCUT2D eigenvalue weighted by atomic mass is 16.5. The minimum absolute atomic E-state index is 0. The van der Waals surface area contributed by atoms with E-state index in [4.69, 9.17) is 5.21 Å². The molecule has 0 fully saturated rings. The predicted molar refractivity (Wildman–Crippen MR) is 94.6 cm³/mol. The highest BCUT2D eigenvalue weighted by Gasteiger charge is 2.24. The molecule has 128 valence electrons. The molecule has 0 aliphatic heterocycles. The summed E-state index contributed by atoms with van der Waals surface area (Å²) in [6, 6.07) is 16.2. The second kappa shape index (κ2) is 8.84. The largest absolute Gasteiger partial charge is 0.340 e. The van der Waals surface area contributed by atoms with Gasteiger partial charge in [0.05, 0.1) is 0 Å². The van der Waals surface area contributed by atoms with E-state index in [9.17, 15) is 9.59 Å². The van der Waals surface area contributed by atoms with E-state index in [0.717, 1.165) is 11.1 Å². The molecule has 5 heteroatoms. The highest BCUT2D eigenvalue weighted by molar-refractivity contribution is 5.97. The topological polar surface area (TPSA) is 78.4 Å². The second-order valence-electron chi connectivity index (χ2n) is 5.61. The van der Waals surface area contributed by atoms with Crippen LogP contribution in [0.2, 0.25) is 0 Å². The van der Waals surface area contributed by atoms with Gasteiger partial charge in [-0.2, -0.15) is 0 Å². The van der Waals surface area contributed by atoms with Crippen molar-refractivity contribution in [3.63, 3.8) is 0 Å². The first kappa shape index (κ1) is 19.4. The molecular formula is C19H24N2O3. The summed E-state index contributed by atoms with van der Waals surface area (Å²) in [7, 11) is 0. The lowest BCUT2D eigenvalue weighted by atomic mass is 10.0. The van der Waals surface area contributed by atoms with Crippen LogP contribution in [-0.4, -0.2) is 23.1 Å². The first-order chi connectivity index (χ1) is 11.0. The van der Waals surface area contributed by atoms with E-state index in [-0.39, 0.29) is 19.3 Å². The Morgan fingerprint density at radius 3 is 1.96 bits per heavy atom. The molecule has 0 unspecified atom stereocenters. The van der Waals surface area contributed by atoms with Crippen molar-refractivity contribution in [3.8, 4) is 11.1 Å². The average molecular weight is 328 g/mol. The van der Waals surface area contributed by atoms with E-state index >= 15 is 0 Å². The Bertz CT molecular complexity index is 667. The lowest BCUT2D eigenvalue weighted by molar-refractivity contribution is -0.132.